The van der Waals surface area contributed by atoms with Crippen molar-refractivity contribution < 1.29 is 4.79 Å². The number of hydrogen-bond acceptors (Lipinski definition) is 4. The summed E-state index contributed by atoms with van der Waals surface area (Å²) < 4.78 is 0. The van der Waals surface area contributed by atoms with Crippen molar-refractivity contribution in [2.75, 3.05) is 6.54 Å². The number of carbonyl (C=O) groups is 1. The van der Waals surface area contributed by atoms with Crippen LogP contribution in [-0.2, 0) is 11.3 Å². The van der Waals surface area contributed by atoms with Gasteiger partial charge in [-0.25, -0.2) is 4.98 Å². The molecule has 0 aromatic carbocycles. The fourth-order valence-corrected chi connectivity index (χ4v) is 2.10. The van der Waals surface area contributed by atoms with Crippen LogP contribution in [0, 0.1) is 6.92 Å². The first-order chi connectivity index (χ1) is 7.72. The zero-order valence-electron chi connectivity index (χ0n) is 9.66. The average Bonchev–Trinajstić information content (AvgIpc) is 2.68. The molecule has 1 heterocycles. The van der Waals surface area contributed by atoms with Gasteiger partial charge >= 0.3 is 0 Å². The van der Waals surface area contributed by atoms with Gasteiger partial charge in [0.15, 0.2) is 0 Å². The minimum Gasteiger partial charge on any atom is -0.351 e. The highest BCUT2D eigenvalue weighted by molar-refractivity contribution is 7.11. The van der Waals surface area contributed by atoms with E-state index in [2.05, 4.69) is 10.3 Å². The van der Waals surface area contributed by atoms with Crippen LogP contribution >= 0.6 is 11.3 Å². The van der Waals surface area contributed by atoms with Crippen LogP contribution in [0.25, 0.3) is 0 Å². The second kappa shape index (κ2) is 7.35. The molecule has 16 heavy (non-hydrogen) atoms. The van der Waals surface area contributed by atoms with Crippen LogP contribution in [-0.4, -0.2) is 17.4 Å². The molecule has 5 heteroatoms. The summed E-state index contributed by atoms with van der Waals surface area (Å²) in [6, 6.07) is 0. The van der Waals surface area contributed by atoms with Gasteiger partial charge in [0.05, 0.1) is 11.6 Å². The van der Waals surface area contributed by atoms with Crippen molar-refractivity contribution in [2.45, 2.75) is 39.2 Å². The quantitative estimate of drug-likeness (QED) is 0.712. The number of aromatic nitrogens is 1. The fourth-order valence-electron chi connectivity index (χ4n) is 1.37. The molecule has 3 N–H and O–H groups in total. The Kier molecular flexibility index (Phi) is 6.03. The van der Waals surface area contributed by atoms with E-state index in [0.29, 0.717) is 19.5 Å². The summed E-state index contributed by atoms with van der Waals surface area (Å²) in [5, 5.41) is 3.92. The van der Waals surface area contributed by atoms with Gasteiger partial charge in [-0.15, -0.1) is 11.3 Å². The number of thiazole rings is 1. The standard InChI is InChI=1S/C11H19N3OS/c1-9-13-7-10(16-9)8-14-11(15)5-3-2-4-6-12/h7H,2-6,8,12H2,1H3,(H,14,15). The highest BCUT2D eigenvalue weighted by Gasteiger charge is 2.02. The van der Waals surface area contributed by atoms with E-state index in [0.717, 1.165) is 29.1 Å². The molecule has 1 amide bonds. The minimum atomic E-state index is 0.114. The van der Waals surface area contributed by atoms with E-state index >= 15 is 0 Å². The van der Waals surface area contributed by atoms with Gasteiger partial charge in [0.1, 0.15) is 0 Å². The summed E-state index contributed by atoms with van der Waals surface area (Å²) in [6.45, 7) is 3.27. The second-order valence-corrected chi connectivity index (χ2v) is 5.04. The molecule has 0 saturated carbocycles. The number of nitrogens with two attached hydrogens (primary N) is 1. The molecular weight excluding hydrogens is 222 g/mol. The van der Waals surface area contributed by atoms with Crippen LogP contribution < -0.4 is 11.1 Å². The predicted molar refractivity (Wildman–Crippen MR) is 66.2 cm³/mol. The highest BCUT2D eigenvalue weighted by atomic mass is 32.1. The molecule has 0 bridgehead atoms. The Bertz CT molecular complexity index is 325. The number of nitrogens with zero attached hydrogens (tertiary/aromatic N) is 1. The highest BCUT2D eigenvalue weighted by Crippen LogP contribution is 2.10. The lowest BCUT2D eigenvalue weighted by molar-refractivity contribution is -0.121. The zero-order valence-corrected chi connectivity index (χ0v) is 10.5. The molecular formula is C11H19N3OS. The van der Waals surface area contributed by atoms with Crippen molar-refractivity contribution in [3.63, 3.8) is 0 Å². The SMILES string of the molecule is Cc1ncc(CNC(=O)CCCCCN)s1. The first-order valence-corrected chi connectivity index (χ1v) is 6.42. The van der Waals surface area contributed by atoms with Crippen LogP contribution in [0.15, 0.2) is 6.20 Å². The Hall–Kier alpha value is -0.940. The largest absolute Gasteiger partial charge is 0.351 e. The van der Waals surface area contributed by atoms with E-state index in [4.69, 9.17) is 5.73 Å². The van der Waals surface area contributed by atoms with Gasteiger partial charge in [-0.3, -0.25) is 4.79 Å². The van der Waals surface area contributed by atoms with E-state index < -0.39 is 0 Å². The van der Waals surface area contributed by atoms with Crippen molar-refractivity contribution in [3.05, 3.63) is 16.1 Å². The summed E-state index contributed by atoms with van der Waals surface area (Å²) >= 11 is 1.62. The van der Waals surface area contributed by atoms with Gasteiger partial charge in [-0.2, -0.15) is 0 Å². The third-order valence-electron chi connectivity index (χ3n) is 2.24. The van der Waals surface area contributed by atoms with Crippen molar-refractivity contribution in [2.24, 2.45) is 5.73 Å². The summed E-state index contributed by atoms with van der Waals surface area (Å²) in [4.78, 5) is 16.7. The summed E-state index contributed by atoms with van der Waals surface area (Å²) in [5.41, 5.74) is 5.38. The fraction of sp³-hybridized carbons (Fsp3) is 0.636. The first-order valence-electron chi connectivity index (χ1n) is 5.60. The molecule has 90 valence electrons. The van der Waals surface area contributed by atoms with Crippen molar-refractivity contribution in [1.29, 1.82) is 0 Å². The van der Waals surface area contributed by atoms with Crippen molar-refractivity contribution >= 4 is 17.2 Å². The molecule has 4 nitrogen and oxygen atoms in total. The van der Waals surface area contributed by atoms with Crippen LogP contribution in [0.1, 0.15) is 35.6 Å². The lowest BCUT2D eigenvalue weighted by atomic mass is 10.2. The minimum absolute atomic E-state index is 0.114. The number of carbonyl (C=O) groups excluding carboxylic acids is 1. The number of hydrogen-bond donors (Lipinski definition) is 2. The topological polar surface area (TPSA) is 68.0 Å². The lowest BCUT2D eigenvalue weighted by Gasteiger charge is -2.02. The average molecular weight is 241 g/mol. The maximum Gasteiger partial charge on any atom is 0.220 e. The van der Waals surface area contributed by atoms with Crippen LogP contribution in [0.2, 0.25) is 0 Å². The van der Waals surface area contributed by atoms with Gasteiger partial charge in [-0.1, -0.05) is 6.42 Å². The summed E-state index contributed by atoms with van der Waals surface area (Å²) in [5.74, 6) is 0.114. The number of aryl methyl sites for hydroxylation is 1. The smallest absolute Gasteiger partial charge is 0.220 e. The van der Waals surface area contributed by atoms with Crippen molar-refractivity contribution in [3.8, 4) is 0 Å². The third-order valence-corrected chi connectivity index (χ3v) is 3.15. The predicted octanol–water partition coefficient (Wildman–Crippen LogP) is 1.59. The van der Waals surface area contributed by atoms with Gasteiger partial charge < -0.3 is 11.1 Å². The Morgan fingerprint density at radius 2 is 2.31 bits per heavy atom. The first kappa shape index (κ1) is 13.1. The Morgan fingerprint density at radius 1 is 1.50 bits per heavy atom. The van der Waals surface area contributed by atoms with E-state index in [1.54, 1.807) is 11.3 Å². The van der Waals surface area contributed by atoms with E-state index in [1.807, 2.05) is 13.1 Å². The molecule has 0 aliphatic rings. The molecule has 0 atom stereocenters. The Balaban J connectivity index is 2.10. The molecule has 0 unspecified atom stereocenters. The second-order valence-electron chi connectivity index (χ2n) is 3.72. The molecule has 0 fully saturated rings. The molecule has 1 aromatic rings. The van der Waals surface area contributed by atoms with Crippen molar-refractivity contribution in [1.82, 2.24) is 10.3 Å². The summed E-state index contributed by atoms with van der Waals surface area (Å²) in [7, 11) is 0. The monoisotopic (exact) mass is 241 g/mol. The van der Waals surface area contributed by atoms with Gasteiger partial charge in [0, 0.05) is 17.5 Å². The summed E-state index contributed by atoms with van der Waals surface area (Å²) in [6.07, 6.45) is 5.36. The molecule has 1 aromatic heterocycles. The van der Waals surface area contributed by atoms with E-state index in [9.17, 15) is 4.79 Å². The lowest BCUT2D eigenvalue weighted by Crippen LogP contribution is -2.21. The number of nitrogens with one attached hydrogen (secondary N) is 1. The molecule has 1 rings (SSSR count). The number of unbranched alkanes of at least 4 members (excludes halogenated alkanes) is 2. The van der Waals surface area contributed by atoms with Crippen LogP contribution in [0.4, 0.5) is 0 Å². The Labute approximate surface area is 100 Å². The molecule has 0 saturated heterocycles. The van der Waals surface area contributed by atoms with Gasteiger partial charge in [0.2, 0.25) is 5.91 Å². The number of rotatable bonds is 7. The normalized spacial score (nSPS) is 10.4. The van der Waals surface area contributed by atoms with E-state index in [1.165, 1.54) is 0 Å². The molecule has 0 aliphatic heterocycles. The molecule has 0 aliphatic carbocycles. The Morgan fingerprint density at radius 3 is 2.94 bits per heavy atom. The number of amides is 1. The van der Waals surface area contributed by atoms with Crippen LogP contribution in [0.5, 0.6) is 0 Å². The molecule has 0 radical (unpaired) electrons. The third kappa shape index (κ3) is 5.23. The van der Waals surface area contributed by atoms with Gasteiger partial charge in [0.25, 0.3) is 0 Å². The maximum atomic E-state index is 11.4. The van der Waals surface area contributed by atoms with Gasteiger partial charge in [-0.05, 0) is 26.3 Å². The maximum absolute atomic E-state index is 11.4. The van der Waals surface area contributed by atoms with Crippen LogP contribution in [0.3, 0.4) is 0 Å². The van der Waals surface area contributed by atoms with E-state index in [-0.39, 0.29) is 5.91 Å². The zero-order chi connectivity index (χ0) is 11.8. The molecule has 0 spiro atoms.